The molecule has 3 rings (SSSR count). The quantitative estimate of drug-likeness (QED) is 0.866. The lowest BCUT2D eigenvalue weighted by atomic mass is 10.1. The summed E-state index contributed by atoms with van der Waals surface area (Å²) in [7, 11) is 0. The summed E-state index contributed by atoms with van der Waals surface area (Å²) in [5.41, 5.74) is 1.52. The lowest BCUT2D eigenvalue weighted by Gasteiger charge is -2.17. The van der Waals surface area contributed by atoms with Crippen LogP contribution in [0.15, 0.2) is 48.5 Å². The molecule has 1 aliphatic heterocycles. The molecule has 0 saturated carbocycles. The maximum atomic E-state index is 12.9. The van der Waals surface area contributed by atoms with E-state index in [0.29, 0.717) is 13.2 Å². The number of rotatable bonds is 6. The summed E-state index contributed by atoms with van der Waals surface area (Å²) in [5, 5.41) is 2.88. The summed E-state index contributed by atoms with van der Waals surface area (Å²) in [6.45, 7) is 2.93. The summed E-state index contributed by atoms with van der Waals surface area (Å²) >= 11 is 0. The Bertz CT molecular complexity index is 775. The van der Waals surface area contributed by atoms with Crippen molar-refractivity contribution in [2.45, 2.75) is 25.8 Å². The zero-order chi connectivity index (χ0) is 18.5. The molecule has 1 heterocycles. The van der Waals surface area contributed by atoms with Crippen LogP contribution < -0.4 is 15.0 Å². The van der Waals surface area contributed by atoms with E-state index < -0.39 is 0 Å². The topological polar surface area (TPSA) is 58.6 Å². The van der Waals surface area contributed by atoms with Gasteiger partial charge in [-0.1, -0.05) is 12.1 Å². The van der Waals surface area contributed by atoms with Gasteiger partial charge in [-0.3, -0.25) is 9.59 Å². The predicted molar refractivity (Wildman–Crippen MR) is 96.6 cm³/mol. The Morgan fingerprint density at radius 3 is 2.54 bits per heavy atom. The highest BCUT2D eigenvalue weighted by atomic mass is 19.1. The number of hydrogen-bond acceptors (Lipinski definition) is 3. The number of anilines is 1. The van der Waals surface area contributed by atoms with E-state index in [1.807, 2.05) is 31.2 Å². The van der Waals surface area contributed by atoms with E-state index in [9.17, 15) is 14.0 Å². The minimum atomic E-state index is -0.332. The van der Waals surface area contributed by atoms with E-state index in [2.05, 4.69) is 5.32 Å². The number of nitrogens with zero attached hydrogens (tertiary/aromatic N) is 1. The van der Waals surface area contributed by atoms with Crippen molar-refractivity contribution >= 4 is 17.5 Å². The van der Waals surface area contributed by atoms with Crippen molar-refractivity contribution in [3.05, 3.63) is 59.9 Å². The molecule has 0 spiro atoms. The van der Waals surface area contributed by atoms with Crippen LogP contribution in [0.2, 0.25) is 0 Å². The number of carbonyl (C=O) groups excluding carboxylic acids is 2. The number of benzene rings is 2. The molecular weight excluding hydrogens is 335 g/mol. The Labute approximate surface area is 151 Å². The van der Waals surface area contributed by atoms with Gasteiger partial charge in [-0.15, -0.1) is 0 Å². The number of hydrogen-bond donors (Lipinski definition) is 1. The molecule has 2 aromatic rings. The van der Waals surface area contributed by atoms with E-state index in [1.165, 1.54) is 12.1 Å². The van der Waals surface area contributed by atoms with Gasteiger partial charge in [-0.2, -0.15) is 0 Å². The fourth-order valence-corrected chi connectivity index (χ4v) is 3.01. The van der Waals surface area contributed by atoms with Crippen LogP contribution in [-0.2, 0) is 16.0 Å². The smallest absolute Gasteiger partial charge is 0.229 e. The largest absolute Gasteiger partial charge is 0.494 e. The highest BCUT2D eigenvalue weighted by Crippen LogP contribution is 2.24. The van der Waals surface area contributed by atoms with Crippen LogP contribution in [0.1, 0.15) is 18.9 Å². The van der Waals surface area contributed by atoms with Crippen molar-refractivity contribution in [2.24, 2.45) is 0 Å². The maximum absolute atomic E-state index is 12.9. The normalized spacial score (nSPS) is 16.6. The van der Waals surface area contributed by atoms with Gasteiger partial charge in [-0.25, -0.2) is 4.39 Å². The third kappa shape index (κ3) is 4.39. The molecule has 1 aliphatic rings. The third-order valence-electron chi connectivity index (χ3n) is 4.23. The van der Waals surface area contributed by atoms with Gasteiger partial charge in [0, 0.05) is 18.7 Å². The fraction of sp³-hybridized carbons (Fsp3) is 0.300. The lowest BCUT2D eigenvalue weighted by Crippen LogP contribution is -2.38. The Hall–Kier alpha value is -2.89. The second-order valence-corrected chi connectivity index (χ2v) is 6.20. The van der Waals surface area contributed by atoms with Crippen LogP contribution >= 0.6 is 0 Å². The summed E-state index contributed by atoms with van der Waals surface area (Å²) in [6.07, 6.45) is 0.427. The van der Waals surface area contributed by atoms with E-state index in [-0.39, 0.29) is 36.5 Å². The average molecular weight is 356 g/mol. The van der Waals surface area contributed by atoms with Gasteiger partial charge in [0.2, 0.25) is 11.8 Å². The first kappa shape index (κ1) is 17.9. The van der Waals surface area contributed by atoms with E-state index in [1.54, 1.807) is 17.0 Å². The second kappa shape index (κ2) is 7.99. The van der Waals surface area contributed by atoms with Gasteiger partial charge in [0.25, 0.3) is 0 Å². The molecule has 0 bridgehead atoms. The van der Waals surface area contributed by atoms with Crippen molar-refractivity contribution in [1.82, 2.24) is 5.32 Å². The van der Waals surface area contributed by atoms with Crippen LogP contribution in [-0.4, -0.2) is 31.0 Å². The molecule has 1 saturated heterocycles. The molecule has 0 radical (unpaired) electrons. The zero-order valence-corrected chi connectivity index (χ0v) is 14.6. The van der Waals surface area contributed by atoms with Crippen molar-refractivity contribution in [3.8, 4) is 5.75 Å². The number of ether oxygens (including phenoxy) is 1. The summed E-state index contributed by atoms with van der Waals surface area (Å²) in [4.78, 5) is 26.1. The summed E-state index contributed by atoms with van der Waals surface area (Å²) in [6, 6.07) is 12.9. The highest BCUT2D eigenvalue weighted by molar-refractivity contribution is 5.97. The lowest BCUT2D eigenvalue weighted by molar-refractivity contribution is -0.121. The average Bonchev–Trinajstić information content (AvgIpc) is 2.98. The van der Waals surface area contributed by atoms with Crippen LogP contribution in [0.4, 0.5) is 10.1 Å². The predicted octanol–water partition coefficient (Wildman–Crippen LogP) is 2.69. The van der Waals surface area contributed by atoms with E-state index in [4.69, 9.17) is 4.74 Å². The third-order valence-corrected chi connectivity index (χ3v) is 4.23. The molecular formula is C20H21FN2O3. The Morgan fingerprint density at radius 1 is 1.19 bits per heavy atom. The zero-order valence-electron chi connectivity index (χ0n) is 14.6. The van der Waals surface area contributed by atoms with Gasteiger partial charge in [0.15, 0.2) is 0 Å². The molecule has 1 atom stereocenters. The molecule has 26 heavy (non-hydrogen) atoms. The fourth-order valence-electron chi connectivity index (χ4n) is 3.01. The molecule has 5 nitrogen and oxygen atoms in total. The van der Waals surface area contributed by atoms with Crippen LogP contribution in [0.3, 0.4) is 0 Å². The first-order valence-corrected chi connectivity index (χ1v) is 8.62. The first-order chi connectivity index (χ1) is 12.5. The van der Waals surface area contributed by atoms with Gasteiger partial charge in [0.1, 0.15) is 11.6 Å². The number of carbonyl (C=O) groups is 2. The molecule has 0 aliphatic carbocycles. The standard InChI is InChI=1S/C20H21FN2O3/c1-2-26-18-9-7-17(8-10-18)23-13-16(12-20(23)25)22-19(24)11-14-3-5-15(21)6-4-14/h3-10,16H,2,11-13H2,1H3,(H,22,24)/t16-/m1/s1. The van der Waals surface area contributed by atoms with Gasteiger partial charge >= 0.3 is 0 Å². The number of nitrogens with one attached hydrogen (secondary N) is 1. The molecule has 0 unspecified atom stereocenters. The summed E-state index contributed by atoms with van der Waals surface area (Å²) in [5.74, 6) is 0.220. The Balaban J connectivity index is 1.56. The van der Waals surface area contributed by atoms with Crippen molar-refractivity contribution in [2.75, 3.05) is 18.1 Å². The maximum Gasteiger partial charge on any atom is 0.229 e. The van der Waals surface area contributed by atoms with Crippen LogP contribution in [0, 0.1) is 5.82 Å². The minimum absolute atomic E-state index is 0.0266. The number of halogens is 1. The molecule has 2 amide bonds. The van der Waals surface area contributed by atoms with Crippen molar-refractivity contribution in [3.63, 3.8) is 0 Å². The van der Waals surface area contributed by atoms with E-state index in [0.717, 1.165) is 17.0 Å². The molecule has 1 fully saturated rings. The van der Waals surface area contributed by atoms with Gasteiger partial charge < -0.3 is 15.0 Å². The first-order valence-electron chi connectivity index (χ1n) is 8.62. The molecule has 136 valence electrons. The number of amides is 2. The van der Waals surface area contributed by atoms with Crippen LogP contribution in [0.25, 0.3) is 0 Å². The monoisotopic (exact) mass is 356 g/mol. The molecule has 2 aromatic carbocycles. The Morgan fingerprint density at radius 2 is 1.88 bits per heavy atom. The molecule has 1 N–H and O–H groups in total. The SMILES string of the molecule is CCOc1ccc(N2C[C@H](NC(=O)Cc3ccc(F)cc3)CC2=O)cc1. The second-order valence-electron chi connectivity index (χ2n) is 6.20. The molecule has 6 heteroatoms. The highest BCUT2D eigenvalue weighted by Gasteiger charge is 2.31. The van der Waals surface area contributed by atoms with Crippen molar-refractivity contribution < 1.29 is 18.7 Å². The van der Waals surface area contributed by atoms with E-state index >= 15 is 0 Å². The van der Waals surface area contributed by atoms with Gasteiger partial charge in [-0.05, 0) is 48.9 Å². The van der Waals surface area contributed by atoms with Crippen molar-refractivity contribution in [1.29, 1.82) is 0 Å². The minimum Gasteiger partial charge on any atom is -0.494 e. The van der Waals surface area contributed by atoms with Crippen LogP contribution in [0.5, 0.6) is 5.75 Å². The summed E-state index contributed by atoms with van der Waals surface area (Å²) < 4.78 is 18.3. The Kier molecular flexibility index (Phi) is 5.51. The molecule has 0 aromatic heterocycles. The van der Waals surface area contributed by atoms with Gasteiger partial charge in [0.05, 0.1) is 19.1 Å².